The van der Waals surface area contributed by atoms with E-state index in [2.05, 4.69) is 73.9 Å². The van der Waals surface area contributed by atoms with Gasteiger partial charge in [-0.1, -0.05) is 58.7 Å². The summed E-state index contributed by atoms with van der Waals surface area (Å²) in [6.45, 7) is 12.4. The topological polar surface area (TPSA) is 49.9 Å². The van der Waals surface area contributed by atoms with Crippen molar-refractivity contribution in [1.82, 2.24) is 0 Å². The van der Waals surface area contributed by atoms with E-state index in [1.807, 2.05) is 12.1 Å². The number of hydrogen-bond donors (Lipinski definition) is 0. The van der Waals surface area contributed by atoms with Crippen LogP contribution in [-0.2, 0) is 20.0 Å². The number of sulfone groups is 1. The van der Waals surface area contributed by atoms with Gasteiger partial charge in [-0.2, -0.15) is 0 Å². The molecule has 0 spiro atoms. The fraction of sp³-hybridized carbons (Fsp3) is 0.517. The maximum atomic E-state index is 12.2. The van der Waals surface area contributed by atoms with E-state index in [1.165, 1.54) is 37.6 Å². The first-order valence-electron chi connectivity index (χ1n) is 12.9. The summed E-state index contributed by atoms with van der Waals surface area (Å²) in [7, 11) is -3.28. The van der Waals surface area contributed by atoms with E-state index in [9.17, 15) is 8.42 Å². The van der Waals surface area contributed by atoms with Crippen LogP contribution in [0.4, 0.5) is 11.4 Å². The van der Waals surface area contributed by atoms with Crippen LogP contribution < -0.4 is 9.80 Å². The molecule has 4 rings (SSSR count). The maximum absolute atomic E-state index is 12.2. The fourth-order valence-corrected chi connectivity index (χ4v) is 6.10. The van der Waals surface area contributed by atoms with Gasteiger partial charge in [0, 0.05) is 42.7 Å². The highest BCUT2D eigenvalue weighted by Crippen LogP contribution is 2.55. The number of ether oxygens (including phenoxy) is 1. The van der Waals surface area contributed by atoms with Crippen molar-refractivity contribution >= 4 is 27.3 Å². The molecule has 2 aliphatic rings. The molecular weight excluding hydrogens is 456 g/mol. The summed E-state index contributed by atoms with van der Waals surface area (Å²) >= 11 is 0. The van der Waals surface area contributed by atoms with Gasteiger partial charge >= 0.3 is 0 Å². The van der Waals surface area contributed by atoms with Crippen LogP contribution in [0.5, 0.6) is 0 Å². The molecule has 0 saturated carbocycles. The minimum absolute atomic E-state index is 0.357. The summed E-state index contributed by atoms with van der Waals surface area (Å²) < 4.78 is 30.9. The van der Waals surface area contributed by atoms with Gasteiger partial charge in [-0.3, -0.25) is 0 Å². The zero-order chi connectivity index (χ0) is 25.3. The van der Waals surface area contributed by atoms with Crippen LogP contribution >= 0.6 is 0 Å². The predicted octanol–water partition coefficient (Wildman–Crippen LogP) is 6.03. The molecule has 6 heteroatoms. The largest absolute Gasteiger partial charge is 0.372 e. The standard InChI is InChI=1S/C29H40N2O3S/c1-6-8-18-30(19-9-7-2)24-12-10-23(11-13-24)16-17-29-28(3,4)26-22-25(35(5,32)33)14-15-27(26)31(29)20-21-34-29/h10-17,22H,6-9,18-21H2,1-5H3. The lowest BCUT2D eigenvalue weighted by molar-refractivity contribution is 0.000294. The normalized spacial score (nSPS) is 20.9. The van der Waals surface area contributed by atoms with Crippen LogP contribution in [0.1, 0.15) is 64.5 Å². The highest BCUT2D eigenvalue weighted by atomic mass is 32.2. The first-order valence-corrected chi connectivity index (χ1v) is 14.8. The van der Waals surface area contributed by atoms with Crippen molar-refractivity contribution in [2.75, 3.05) is 42.3 Å². The number of hydrogen-bond acceptors (Lipinski definition) is 5. The zero-order valence-electron chi connectivity index (χ0n) is 21.9. The van der Waals surface area contributed by atoms with Crippen LogP contribution in [-0.4, -0.2) is 46.6 Å². The Morgan fingerprint density at radius 1 is 1.03 bits per heavy atom. The second kappa shape index (κ2) is 9.98. The third-order valence-corrected chi connectivity index (χ3v) is 8.73. The quantitative estimate of drug-likeness (QED) is 0.402. The van der Waals surface area contributed by atoms with Crippen molar-refractivity contribution in [2.24, 2.45) is 0 Å². The number of fused-ring (bicyclic) bond motifs is 3. The highest BCUT2D eigenvalue weighted by Gasteiger charge is 2.59. The summed E-state index contributed by atoms with van der Waals surface area (Å²) in [5, 5.41) is 0. The first-order chi connectivity index (χ1) is 16.6. The van der Waals surface area contributed by atoms with Crippen molar-refractivity contribution in [3.05, 3.63) is 59.7 Å². The first kappa shape index (κ1) is 25.8. The Balaban J connectivity index is 1.61. The molecule has 0 N–H and O–H groups in total. The molecule has 2 heterocycles. The number of benzene rings is 2. The summed E-state index contributed by atoms with van der Waals surface area (Å²) in [5.74, 6) is 0. The van der Waals surface area contributed by atoms with E-state index < -0.39 is 21.0 Å². The van der Waals surface area contributed by atoms with Crippen LogP contribution in [0.2, 0.25) is 0 Å². The Kier molecular flexibility index (Phi) is 7.35. The van der Waals surface area contributed by atoms with Gasteiger partial charge < -0.3 is 14.5 Å². The molecule has 0 aromatic heterocycles. The van der Waals surface area contributed by atoms with Gasteiger partial charge in [0.25, 0.3) is 0 Å². The molecule has 190 valence electrons. The second-order valence-corrected chi connectivity index (χ2v) is 12.4. The van der Waals surface area contributed by atoms with Gasteiger partial charge in [-0.25, -0.2) is 8.42 Å². The summed E-state index contributed by atoms with van der Waals surface area (Å²) in [6, 6.07) is 14.3. The Morgan fingerprint density at radius 2 is 1.69 bits per heavy atom. The molecule has 1 fully saturated rings. The van der Waals surface area contributed by atoms with E-state index in [1.54, 1.807) is 6.07 Å². The van der Waals surface area contributed by atoms with Crippen molar-refractivity contribution < 1.29 is 13.2 Å². The van der Waals surface area contributed by atoms with Gasteiger partial charge in [0.05, 0.1) is 11.5 Å². The highest BCUT2D eigenvalue weighted by molar-refractivity contribution is 7.90. The molecule has 0 aliphatic carbocycles. The van der Waals surface area contributed by atoms with E-state index in [-0.39, 0.29) is 0 Å². The Morgan fingerprint density at radius 3 is 2.29 bits per heavy atom. The number of unbranched alkanes of at least 4 members (excludes halogenated alkanes) is 2. The molecule has 0 bridgehead atoms. The molecule has 1 saturated heterocycles. The Hall–Kier alpha value is -2.31. The fourth-order valence-electron chi connectivity index (χ4n) is 5.45. The summed E-state index contributed by atoms with van der Waals surface area (Å²) in [6.07, 6.45) is 10.4. The lowest BCUT2D eigenvalue weighted by Crippen LogP contribution is -2.51. The smallest absolute Gasteiger partial charge is 0.175 e. The van der Waals surface area contributed by atoms with Crippen molar-refractivity contribution in [3.8, 4) is 0 Å². The molecule has 2 aromatic rings. The van der Waals surface area contributed by atoms with E-state index in [0.717, 1.165) is 36.4 Å². The third-order valence-electron chi connectivity index (χ3n) is 7.62. The molecule has 1 atom stereocenters. The SMILES string of the molecule is CCCCN(CCCC)c1ccc(C=CC23OCCN2c2ccc(S(C)(=O)=O)cc2C3(C)C)cc1. The lowest BCUT2D eigenvalue weighted by Gasteiger charge is -2.39. The van der Waals surface area contributed by atoms with Crippen molar-refractivity contribution in [3.63, 3.8) is 0 Å². The van der Waals surface area contributed by atoms with Crippen LogP contribution in [0.25, 0.3) is 6.08 Å². The van der Waals surface area contributed by atoms with Crippen LogP contribution in [0.15, 0.2) is 53.4 Å². The van der Waals surface area contributed by atoms with Gasteiger partial charge in [0.15, 0.2) is 15.6 Å². The molecular formula is C29H40N2O3S. The van der Waals surface area contributed by atoms with Crippen molar-refractivity contribution in [2.45, 2.75) is 69.4 Å². The summed E-state index contributed by atoms with van der Waals surface area (Å²) in [4.78, 5) is 5.14. The average Bonchev–Trinajstić information content (AvgIpc) is 3.34. The predicted molar refractivity (Wildman–Crippen MR) is 146 cm³/mol. The number of anilines is 2. The average molecular weight is 497 g/mol. The third kappa shape index (κ3) is 4.75. The molecule has 1 unspecified atom stereocenters. The van der Waals surface area contributed by atoms with E-state index in [4.69, 9.17) is 4.74 Å². The maximum Gasteiger partial charge on any atom is 0.175 e. The van der Waals surface area contributed by atoms with Crippen LogP contribution in [0, 0.1) is 0 Å². The van der Waals surface area contributed by atoms with Gasteiger partial charge in [-0.15, -0.1) is 0 Å². The number of rotatable bonds is 10. The summed E-state index contributed by atoms with van der Waals surface area (Å²) in [5.41, 5.74) is 3.44. The Bertz CT molecular complexity index is 1160. The minimum Gasteiger partial charge on any atom is -0.372 e. The molecule has 0 amide bonds. The van der Waals surface area contributed by atoms with Gasteiger partial charge in [-0.05, 0) is 60.4 Å². The molecule has 0 radical (unpaired) electrons. The van der Waals surface area contributed by atoms with Gasteiger partial charge in [0.2, 0.25) is 0 Å². The van der Waals surface area contributed by atoms with Crippen LogP contribution in [0.3, 0.4) is 0 Å². The molecule has 2 aliphatic heterocycles. The van der Waals surface area contributed by atoms with E-state index in [0.29, 0.717) is 11.5 Å². The van der Waals surface area contributed by atoms with Gasteiger partial charge in [0.1, 0.15) is 0 Å². The molecule has 2 aromatic carbocycles. The monoisotopic (exact) mass is 496 g/mol. The second-order valence-electron chi connectivity index (χ2n) is 10.4. The number of nitrogens with zero attached hydrogens (tertiary/aromatic N) is 2. The molecule has 35 heavy (non-hydrogen) atoms. The molecule has 5 nitrogen and oxygen atoms in total. The van der Waals surface area contributed by atoms with E-state index >= 15 is 0 Å². The minimum atomic E-state index is -3.28. The Labute approximate surface area is 211 Å². The van der Waals surface area contributed by atoms with Crippen molar-refractivity contribution in [1.29, 1.82) is 0 Å². The lowest BCUT2D eigenvalue weighted by atomic mass is 9.77. The zero-order valence-corrected chi connectivity index (χ0v) is 22.7.